The number of ether oxygens (including phenoxy) is 2. The molecule has 0 aliphatic heterocycles. The van der Waals surface area contributed by atoms with E-state index in [-0.39, 0.29) is 13.2 Å². The van der Waals surface area contributed by atoms with E-state index in [1.807, 2.05) is 0 Å². The van der Waals surface area contributed by atoms with Crippen molar-refractivity contribution in [3.8, 4) is 0 Å². The van der Waals surface area contributed by atoms with Crippen LogP contribution >= 0.6 is 0 Å². The number of aliphatic carboxylic acids is 3. The third-order valence-electron chi connectivity index (χ3n) is 3.05. The van der Waals surface area contributed by atoms with Gasteiger partial charge < -0.3 is 35.0 Å². The fourth-order valence-corrected chi connectivity index (χ4v) is 1.67. The number of aliphatic hydroxyl groups is 2. The highest BCUT2D eigenvalue weighted by molar-refractivity contribution is 5.88. The molecular formula is C15H28O10. The van der Waals surface area contributed by atoms with Crippen molar-refractivity contribution in [2.24, 2.45) is 0 Å². The second-order valence-corrected chi connectivity index (χ2v) is 5.12. The molecule has 0 spiro atoms. The maximum atomic E-state index is 10.7. The summed E-state index contributed by atoms with van der Waals surface area (Å²) in [6.45, 7) is 1.96. The lowest BCUT2D eigenvalue weighted by Crippen LogP contribution is -2.44. The number of rotatable bonds is 14. The van der Waals surface area contributed by atoms with E-state index in [2.05, 4.69) is 4.74 Å². The van der Waals surface area contributed by atoms with Crippen LogP contribution in [0.4, 0.5) is 0 Å². The number of hydrogen-bond acceptors (Lipinski definition) is 7. The Labute approximate surface area is 146 Å². The van der Waals surface area contributed by atoms with Gasteiger partial charge in [0.15, 0.2) is 5.60 Å². The van der Waals surface area contributed by atoms with Gasteiger partial charge in [-0.2, -0.15) is 0 Å². The van der Waals surface area contributed by atoms with E-state index in [0.717, 1.165) is 46.0 Å². The van der Waals surface area contributed by atoms with Gasteiger partial charge in [-0.15, -0.1) is 0 Å². The molecule has 148 valence electrons. The van der Waals surface area contributed by atoms with E-state index in [1.54, 1.807) is 0 Å². The molecule has 0 bridgehead atoms. The molecular weight excluding hydrogens is 340 g/mol. The summed E-state index contributed by atoms with van der Waals surface area (Å²) in [4.78, 5) is 31.3. The number of aliphatic hydroxyl groups excluding tert-OH is 2. The molecule has 25 heavy (non-hydrogen) atoms. The SMILES string of the molecule is COC(CC(=O)O)(CC(=O)O)C(=O)O.OCCCCOCCCCO. The smallest absolute Gasteiger partial charge is 0.337 e. The molecule has 0 saturated heterocycles. The van der Waals surface area contributed by atoms with Gasteiger partial charge in [0.1, 0.15) is 0 Å². The lowest BCUT2D eigenvalue weighted by atomic mass is 9.95. The molecule has 0 radical (unpaired) electrons. The van der Waals surface area contributed by atoms with Crippen LogP contribution in [-0.2, 0) is 23.9 Å². The monoisotopic (exact) mass is 368 g/mol. The predicted octanol–water partition coefficient (Wildman–Crippen LogP) is -0.0464. The Hall–Kier alpha value is -1.75. The van der Waals surface area contributed by atoms with E-state index in [9.17, 15) is 14.4 Å². The van der Waals surface area contributed by atoms with Crippen LogP contribution in [0.1, 0.15) is 38.5 Å². The summed E-state index contributed by atoms with van der Waals surface area (Å²) in [5.41, 5.74) is -2.20. The molecule has 0 aromatic heterocycles. The van der Waals surface area contributed by atoms with Gasteiger partial charge in [0.2, 0.25) is 0 Å². The summed E-state index contributed by atoms with van der Waals surface area (Å²) < 4.78 is 9.68. The van der Waals surface area contributed by atoms with E-state index in [4.69, 9.17) is 30.3 Å². The number of carboxylic acid groups (broad SMARTS) is 3. The maximum absolute atomic E-state index is 10.7. The van der Waals surface area contributed by atoms with Crippen molar-refractivity contribution in [1.82, 2.24) is 0 Å². The Bertz CT molecular complexity index is 359. The average molecular weight is 368 g/mol. The van der Waals surface area contributed by atoms with Crippen molar-refractivity contribution >= 4 is 17.9 Å². The molecule has 5 N–H and O–H groups in total. The van der Waals surface area contributed by atoms with E-state index in [1.165, 1.54) is 0 Å². The van der Waals surface area contributed by atoms with Crippen LogP contribution in [0.3, 0.4) is 0 Å². The summed E-state index contributed by atoms with van der Waals surface area (Å²) in [6.07, 6.45) is 1.70. The molecule has 10 heteroatoms. The Morgan fingerprint density at radius 1 is 0.800 bits per heavy atom. The van der Waals surface area contributed by atoms with Crippen molar-refractivity contribution in [2.75, 3.05) is 33.5 Å². The van der Waals surface area contributed by atoms with Gasteiger partial charge in [-0.1, -0.05) is 0 Å². The first-order valence-electron chi connectivity index (χ1n) is 7.77. The number of carboxylic acids is 3. The van der Waals surface area contributed by atoms with Crippen molar-refractivity contribution < 1.29 is 49.4 Å². The highest BCUT2D eigenvalue weighted by atomic mass is 16.5. The average Bonchev–Trinajstić information content (AvgIpc) is 2.53. The minimum Gasteiger partial charge on any atom is -0.481 e. The zero-order chi connectivity index (χ0) is 19.7. The minimum absolute atomic E-state index is 0.250. The molecule has 0 rings (SSSR count). The van der Waals surface area contributed by atoms with E-state index < -0.39 is 36.4 Å². The Kier molecular flexibility index (Phi) is 16.1. The topological polar surface area (TPSA) is 171 Å². The van der Waals surface area contributed by atoms with Crippen LogP contribution in [0.15, 0.2) is 0 Å². The second-order valence-electron chi connectivity index (χ2n) is 5.12. The van der Waals surface area contributed by atoms with Crippen molar-refractivity contribution in [1.29, 1.82) is 0 Å². The first kappa shape index (κ1) is 25.5. The highest BCUT2D eigenvalue weighted by Crippen LogP contribution is 2.20. The van der Waals surface area contributed by atoms with Gasteiger partial charge in [-0.3, -0.25) is 9.59 Å². The van der Waals surface area contributed by atoms with Crippen LogP contribution in [0.5, 0.6) is 0 Å². The van der Waals surface area contributed by atoms with E-state index >= 15 is 0 Å². The molecule has 0 amide bonds. The highest BCUT2D eigenvalue weighted by Gasteiger charge is 2.43. The number of hydrogen-bond donors (Lipinski definition) is 5. The van der Waals surface area contributed by atoms with Gasteiger partial charge in [0.25, 0.3) is 0 Å². The summed E-state index contributed by atoms with van der Waals surface area (Å²) in [7, 11) is 0.958. The standard InChI is InChI=1S/C8H18O3.C7H10O7/c9-5-1-3-7-11-8-4-2-6-10;1-14-7(6(12)13,2-4(8)9)3-5(10)11/h9-10H,1-8H2;2-3H2,1H3,(H,8,9)(H,10,11)(H,12,13). The van der Waals surface area contributed by atoms with Crippen molar-refractivity contribution in [2.45, 2.75) is 44.1 Å². The minimum atomic E-state index is -2.20. The van der Waals surface area contributed by atoms with Gasteiger partial charge >= 0.3 is 17.9 Å². The number of carbonyl (C=O) groups is 3. The normalized spacial score (nSPS) is 10.7. The molecule has 0 aromatic rings. The summed E-state index contributed by atoms with van der Waals surface area (Å²) >= 11 is 0. The van der Waals surface area contributed by atoms with Gasteiger partial charge in [-0.25, -0.2) is 4.79 Å². The van der Waals surface area contributed by atoms with Gasteiger partial charge in [0.05, 0.1) is 12.8 Å². The first-order valence-corrected chi connectivity index (χ1v) is 7.77. The lowest BCUT2D eigenvalue weighted by molar-refractivity contribution is -0.174. The van der Waals surface area contributed by atoms with Crippen molar-refractivity contribution in [3.05, 3.63) is 0 Å². The molecule has 0 aliphatic carbocycles. The van der Waals surface area contributed by atoms with Gasteiger partial charge in [0, 0.05) is 33.5 Å². The third-order valence-corrected chi connectivity index (χ3v) is 3.05. The Morgan fingerprint density at radius 3 is 1.44 bits per heavy atom. The molecule has 0 saturated carbocycles. The fraction of sp³-hybridized carbons (Fsp3) is 0.800. The van der Waals surface area contributed by atoms with Crippen LogP contribution in [-0.4, -0.2) is 82.6 Å². The Morgan fingerprint density at radius 2 is 1.20 bits per heavy atom. The van der Waals surface area contributed by atoms with E-state index in [0.29, 0.717) is 0 Å². The molecule has 10 nitrogen and oxygen atoms in total. The van der Waals surface area contributed by atoms with Crippen molar-refractivity contribution in [3.63, 3.8) is 0 Å². The van der Waals surface area contributed by atoms with Crippen LogP contribution in [0.2, 0.25) is 0 Å². The molecule has 0 unspecified atom stereocenters. The number of methoxy groups -OCH3 is 1. The molecule has 0 heterocycles. The number of unbranched alkanes of at least 4 members (excludes halogenated alkanes) is 2. The maximum Gasteiger partial charge on any atom is 0.337 e. The van der Waals surface area contributed by atoms with Crippen LogP contribution < -0.4 is 0 Å². The first-order chi connectivity index (χ1) is 11.8. The summed E-state index contributed by atoms with van der Waals surface area (Å²) in [6, 6.07) is 0. The summed E-state index contributed by atoms with van der Waals surface area (Å²) in [5.74, 6) is -4.48. The Balaban J connectivity index is 0. The predicted molar refractivity (Wildman–Crippen MR) is 85.3 cm³/mol. The summed E-state index contributed by atoms with van der Waals surface area (Å²) in [5, 5.41) is 42.3. The fourth-order valence-electron chi connectivity index (χ4n) is 1.67. The third kappa shape index (κ3) is 14.3. The largest absolute Gasteiger partial charge is 0.481 e. The molecule has 0 aliphatic rings. The molecule has 0 aromatic carbocycles. The zero-order valence-electron chi connectivity index (χ0n) is 14.3. The van der Waals surface area contributed by atoms with Gasteiger partial charge in [-0.05, 0) is 25.7 Å². The van der Waals surface area contributed by atoms with Crippen LogP contribution in [0, 0.1) is 0 Å². The molecule has 0 atom stereocenters. The quantitative estimate of drug-likeness (QED) is 0.262. The zero-order valence-corrected chi connectivity index (χ0v) is 14.3. The second kappa shape index (κ2) is 15.8. The van der Waals surface area contributed by atoms with Crippen LogP contribution in [0.25, 0.3) is 0 Å². The lowest BCUT2D eigenvalue weighted by Gasteiger charge is -2.23. The molecule has 0 fully saturated rings.